The summed E-state index contributed by atoms with van der Waals surface area (Å²) in [5.74, 6) is -1.07. The van der Waals surface area contributed by atoms with E-state index in [1.165, 1.54) is 12.1 Å². The first-order chi connectivity index (χ1) is 12.7. The fourth-order valence-corrected chi connectivity index (χ4v) is 3.15. The molecular weight excluding hydrogens is 335 g/mol. The monoisotopic (exact) mass is 350 g/mol. The van der Waals surface area contributed by atoms with Crippen LogP contribution in [0.25, 0.3) is 16.9 Å². The molecule has 26 heavy (non-hydrogen) atoms. The van der Waals surface area contributed by atoms with Crippen LogP contribution in [0.2, 0.25) is 0 Å². The molecule has 3 heterocycles. The summed E-state index contributed by atoms with van der Waals surface area (Å²) in [6, 6.07) is 4.34. The molecule has 0 saturated carbocycles. The molecule has 1 fully saturated rings. The summed E-state index contributed by atoms with van der Waals surface area (Å²) in [5, 5.41) is 11.7. The van der Waals surface area contributed by atoms with Gasteiger partial charge in [-0.1, -0.05) is 6.07 Å². The van der Waals surface area contributed by atoms with E-state index in [1.54, 1.807) is 40.2 Å². The summed E-state index contributed by atoms with van der Waals surface area (Å²) in [6.07, 6.45) is 9.36. The van der Waals surface area contributed by atoms with Gasteiger partial charge in [0.15, 0.2) is 11.8 Å². The first kappa shape index (κ1) is 16.0. The number of nitrogens with one attached hydrogen (secondary N) is 1. The number of nitrogens with zero attached hydrogens (tertiary/aromatic N) is 5. The van der Waals surface area contributed by atoms with Gasteiger partial charge in [-0.25, -0.2) is 9.37 Å². The number of hydrogen-bond donors (Lipinski definition) is 1. The van der Waals surface area contributed by atoms with Crippen molar-refractivity contribution in [2.45, 2.75) is 12.5 Å². The Morgan fingerprint density at radius 2 is 2.27 bits per heavy atom. The molecule has 0 radical (unpaired) electrons. The van der Waals surface area contributed by atoms with Crippen LogP contribution in [0.1, 0.15) is 16.8 Å². The van der Waals surface area contributed by atoms with E-state index in [0.717, 1.165) is 0 Å². The molecule has 0 bridgehead atoms. The van der Waals surface area contributed by atoms with Gasteiger partial charge in [-0.15, -0.1) is 0 Å². The second-order valence-corrected chi connectivity index (χ2v) is 6.15. The van der Waals surface area contributed by atoms with Gasteiger partial charge in [0, 0.05) is 37.1 Å². The van der Waals surface area contributed by atoms with Crippen LogP contribution in [0.3, 0.4) is 0 Å². The molecule has 0 aliphatic carbocycles. The third-order valence-corrected chi connectivity index (χ3v) is 4.49. The largest absolute Gasteiger partial charge is 0.347 e. The molecule has 1 N–H and O–H groups in total. The molecule has 1 saturated heterocycles. The molecule has 0 unspecified atom stereocenters. The Bertz CT molecular complexity index is 1020. The molecule has 7 nitrogen and oxygen atoms in total. The lowest BCUT2D eigenvalue weighted by Gasteiger charge is -2.13. The maximum Gasteiger partial charge on any atom is 0.254 e. The number of hydrogen-bond acceptors (Lipinski definition) is 5. The maximum atomic E-state index is 14.5. The molecule has 130 valence electrons. The topological polar surface area (TPSA) is 86.3 Å². The van der Waals surface area contributed by atoms with E-state index in [4.69, 9.17) is 5.26 Å². The van der Waals surface area contributed by atoms with Crippen LogP contribution < -0.4 is 5.32 Å². The van der Waals surface area contributed by atoms with Gasteiger partial charge in [0.25, 0.3) is 5.91 Å². The predicted molar refractivity (Wildman–Crippen MR) is 91.4 cm³/mol. The number of likely N-dealkylation sites (tertiary alicyclic amines) is 1. The number of aromatic nitrogens is 3. The third-order valence-electron chi connectivity index (χ3n) is 4.49. The van der Waals surface area contributed by atoms with Crippen LogP contribution in [0.15, 0.2) is 43.0 Å². The number of halogens is 1. The van der Waals surface area contributed by atoms with Crippen molar-refractivity contribution >= 4 is 11.6 Å². The lowest BCUT2D eigenvalue weighted by molar-refractivity contribution is 0.0935. The molecular formula is C18H15FN6O. The van der Waals surface area contributed by atoms with Crippen LogP contribution in [-0.4, -0.2) is 44.3 Å². The first-order valence-corrected chi connectivity index (χ1v) is 8.18. The van der Waals surface area contributed by atoms with Gasteiger partial charge in [-0.3, -0.25) is 14.2 Å². The van der Waals surface area contributed by atoms with E-state index in [9.17, 15) is 9.18 Å². The summed E-state index contributed by atoms with van der Waals surface area (Å²) in [4.78, 5) is 22.2. The van der Waals surface area contributed by atoms with Gasteiger partial charge in [0.1, 0.15) is 5.82 Å². The highest BCUT2D eigenvalue weighted by molar-refractivity contribution is 5.95. The van der Waals surface area contributed by atoms with Crippen molar-refractivity contribution < 1.29 is 9.18 Å². The minimum absolute atomic E-state index is 0.0142. The highest BCUT2D eigenvalue weighted by atomic mass is 19.1. The molecule has 1 aliphatic heterocycles. The zero-order valence-electron chi connectivity index (χ0n) is 13.8. The van der Waals surface area contributed by atoms with Crippen molar-refractivity contribution in [3.63, 3.8) is 0 Å². The van der Waals surface area contributed by atoms with Gasteiger partial charge in [-0.05, 0) is 18.6 Å². The van der Waals surface area contributed by atoms with E-state index >= 15 is 0 Å². The van der Waals surface area contributed by atoms with Gasteiger partial charge < -0.3 is 10.2 Å². The Morgan fingerprint density at radius 3 is 3.04 bits per heavy atom. The van der Waals surface area contributed by atoms with Crippen LogP contribution in [0, 0.1) is 17.3 Å². The average Bonchev–Trinajstić information content (AvgIpc) is 3.28. The Morgan fingerprint density at radius 1 is 1.38 bits per heavy atom. The number of rotatable bonds is 3. The van der Waals surface area contributed by atoms with Gasteiger partial charge >= 0.3 is 0 Å². The van der Waals surface area contributed by atoms with Crippen LogP contribution in [0.5, 0.6) is 0 Å². The smallest absolute Gasteiger partial charge is 0.254 e. The van der Waals surface area contributed by atoms with Gasteiger partial charge in [0.2, 0.25) is 0 Å². The molecule has 2 aromatic heterocycles. The summed E-state index contributed by atoms with van der Waals surface area (Å²) < 4.78 is 16.3. The molecule has 8 heteroatoms. The van der Waals surface area contributed by atoms with Crippen LogP contribution in [0.4, 0.5) is 4.39 Å². The summed E-state index contributed by atoms with van der Waals surface area (Å²) >= 11 is 0. The summed E-state index contributed by atoms with van der Waals surface area (Å²) in [6.45, 7) is 1.06. The van der Waals surface area contributed by atoms with Crippen molar-refractivity contribution in [1.82, 2.24) is 24.6 Å². The second-order valence-electron chi connectivity index (χ2n) is 6.15. The minimum Gasteiger partial charge on any atom is -0.347 e. The molecule has 1 aromatic carbocycles. The highest BCUT2D eigenvalue weighted by Gasteiger charge is 2.24. The molecule has 1 atom stereocenters. The average molecular weight is 350 g/mol. The van der Waals surface area contributed by atoms with E-state index < -0.39 is 11.7 Å². The molecule has 4 rings (SSSR count). The van der Waals surface area contributed by atoms with Crippen molar-refractivity contribution in [2.75, 3.05) is 13.1 Å². The molecule has 1 aliphatic rings. The van der Waals surface area contributed by atoms with E-state index in [-0.39, 0.29) is 11.6 Å². The number of carbonyl (C=O) groups is 1. The Hall–Kier alpha value is -3.47. The normalized spacial score (nSPS) is 16.6. The fraction of sp³-hybridized carbons (Fsp3) is 0.222. The maximum absolute atomic E-state index is 14.5. The summed E-state index contributed by atoms with van der Waals surface area (Å²) in [5.41, 5.74) is 1.98. The Labute approximate surface area is 148 Å². The summed E-state index contributed by atoms with van der Waals surface area (Å²) in [7, 11) is 0. The zero-order chi connectivity index (χ0) is 18.1. The van der Waals surface area contributed by atoms with E-state index in [2.05, 4.69) is 21.5 Å². The second kappa shape index (κ2) is 6.44. The Balaban J connectivity index is 1.56. The third kappa shape index (κ3) is 2.84. The molecule has 1 amide bonds. The Kier molecular flexibility index (Phi) is 3.97. The number of carbonyl (C=O) groups excluding carboxylic acids is 1. The van der Waals surface area contributed by atoms with Crippen LogP contribution >= 0.6 is 0 Å². The lowest BCUT2D eigenvalue weighted by Crippen LogP contribution is -2.36. The van der Waals surface area contributed by atoms with Gasteiger partial charge in [0.05, 0.1) is 23.7 Å². The number of nitriles is 1. The van der Waals surface area contributed by atoms with E-state index in [1.807, 2.05) is 0 Å². The molecule has 0 spiro atoms. The number of fused-ring (bicyclic) bond motifs is 1. The minimum atomic E-state index is -0.598. The standard InChI is InChI=1S/C18H15FN6O/c19-15-7-12(16-8-22-17-9-21-4-6-25(16)17)1-2-14(15)18(26)23-13-3-5-24(10-13)11-20/h1-2,4,6-9,13H,3,5,10H2,(H,23,26)/t13-/m1/s1. The first-order valence-electron chi connectivity index (χ1n) is 8.18. The highest BCUT2D eigenvalue weighted by Crippen LogP contribution is 2.23. The van der Waals surface area contributed by atoms with E-state index in [0.29, 0.717) is 36.4 Å². The lowest BCUT2D eigenvalue weighted by atomic mass is 10.1. The SMILES string of the molecule is N#CN1CC[C@@H](NC(=O)c2ccc(-c3cnc4cnccn34)cc2F)C1. The van der Waals surface area contributed by atoms with Crippen molar-refractivity contribution in [1.29, 1.82) is 5.26 Å². The number of imidazole rings is 1. The molecule has 3 aromatic rings. The number of amides is 1. The number of benzene rings is 1. The zero-order valence-corrected chi connectivity index (χ0v) is 13.8. The predicted octanol–water partition coefficient (Wildman–Crippen LogP) is 1.82. The van der Waals surface area contributed by atoms with Crippen LogP contribution in [-0.2, 0) is 0 Å². The van der Waals surface area contributed by atoms with Gasteiger partial charge in [-0.2, -0.15) is 5.26 Å². The van der Waals surface area contributed by atoms with Crippen molar-refractivity contribution in [2.24, 2.45) is 0 Å². The fourth-order valence-electron chi connectivity index (χ4n) is 3.15. The van der Waals surface area contributed by atoms with Crippen molar-refractivity contribution in [3.05, 3.63) is 54.4 Å². The van der Waals surface area contributed by atoms with Crippen molar-refractivity contribution in [3.8, 4) is 17.5 Å². The quantitative estimate of drug-likeness (QED) is 0.728.